The molecule has 4 rings (SSSR count). The maximum atomic E-state index is 13.0. The number of nitrogens with zero attached hydrogens (tertiary/aromatic N) is 2. The lowest BCUT2D eigenvalue weighted by Gasteiger charge is -2.35. The van der Waals surface area contributed by atoms with E-state index in [9.17, 15) is 14.7 Å². The van der Waals surface area contributed by atoms with Crippen molar-refractivity contribution in [2.75, 3.05) is 42.6 Å². The molecule has 7 heteroatoms. The average Bonchev–Trinajstić information content (AvgIpc) is 3.04. The molecule has 0 bridgehead atoms. The molecule has 2 aromatic rings. The van der Waals surface area contributed by atoms with Crippen LogP contribution in [0.1, 0.15) is 13.3 Å². The lowest BCUT2D eigenvalue weighted by molar-refractivity contribution is -0.915. The van der Waals surface area contributed by atoms with Gasteiger partial charge in [0.1, 0.15) is 11.5 Å². The van der Waals surface area contributed by atoms with Crippen LogP contribution in [0.5, 0.6) is 11.5 Å². The van der Waals surface area contributed by atoms with Crippen molar-refractivity contribution in [3.05, 3.63) is 48.5 Å². The monoisotopic (exact) mass is 396 g/mol. The highest BCUT2D eigenvalue weighted by Gasteiger charge is 2.46. The van der Waals surface area contributed by atoms with E-state index in [1.54, 1.807) is 36.4 Å². The summed E-state index contributed by atoms with van der Waals surface area (Å²) in [6.45, 7) is 5.68. The SMILES string of the molecule is CCOc1ccc(N2C(=O)C[C@@H]([NH+]3CCN(c4ccc(O)cc4)CC3)C2=O)cc1. The molecule has 2 aromatic carbocycles. The number of anilines is 2. The highest BCUT2D eigenvalue weighted by Crippen LogP contribution is 2.25. The maximum Gasteiger partial charge on any atom is 0.292 e. The molecular weight excluding hydrogens is 370 g/mol. The molecule has 29 heavy (non-hydrogen) atoms. The van der Waals surface area contributed by atoms with E-state index in [0.717, 1.165) is 42.5 Å². The molecule has 0 aliphatic carbocycles. The molecule has 0 unspecified atom stereocenters. The molecule has 2 amide bonds. The Balaban J connectivity index is 1.40. The Hall–Kier alpha value is -3.06. The first-order valence-electron chi connectivity index (χ1n) is 10.0. The number of carbonyl (C=O) groups excluding carboxylic acids is 2. The predicted molar refractivity (Wildman–Crippen MR) is 110 cm³/mol. The largest absolute Gasteiger partial charge is 0.508 e. The van der Waals surface area contributed by atoms with Crippen molar-refractivity contribution in [2.45, 2.75) is 19.4 Å². The number of imide groups is 1. The van der Waals surface area contributed by atoms with Gasteiger partial charge in [-0.3, -0.25) is 9.59 Å². The van der Waals surface area contributed by atoms with Gasteiger partial charge in [0.05, 0.1) is 44.9 Å². The zero-order valence-corrected chi connectivity index (χ0v) is 16.5. The molecular formula is C22H26N3O4+. The predicted octanol–water partition coefficient (Wildman–Crippen LogP) is 0.828. The normalized spacial score (nSPS) is 20.4. The summed E-state index contributed by atoms with van der Waals surface area (Å²) in [5.74, 6) is 0.718. The van der Waals surface area contributed by atoms with E-state index in [-0.39, 0.29) is 30.0 Å². The van der Waals surface area contributed by atoms with Crippen molar-refractivity contribution >= 4 is 23.2 Å². The molecule has 2 saturated heterocycles. The van der Waals surface area contributed by atoms with Gasteiger partial charge in [-0.1, -0.05) is 0 Å². The Bertz CT molecular complexity index is 874. The lowest BCUT2D eigenvalue weighted by Crippen LogP contribution is -3.19. The van der Waals surface area contributed by atoms with Gasteiger partial charge in [0.25, 0.3) is 5.91 Å². The van der Waals surface area contributed by atoms with E-state index in [2.05, 4.69) is 4.90 Å². The summed E-state index contributed by atoms with van der Waals surface area (Å²) in [4.78, 5) is 30.3. The Labute approximate surface area is 170 Å². The first kappa shape index (κ1) is 19.3. The van der Waals surface area contributed by atoms with Gasteiger partial charge in [-0.25, -0.2) is 4.90 Å². The summed E-state index contributed by atoms with van der Waals surface area (Å²) >= 11 is 0. The van der Waals surface area contributed by atoms with E-state index in [4.69, 9.17) is 4.74 Å². The fourth-order valence-electron chi connectivity index (χ4n) is 4.14. The van der Waals surface area contributed by atoms with E-state index >= 15 is 0 Å². The quantitative estimate of drug-likeness (QED) is 0.733. The number of aromatic hydroxyl groups is 1. The molecule has 0 radical (unpaired) electrons. The number of ether oxygens (including phenoxy) is 1. The van der Waals surface area contributed by atoms with E-state index in [1.165, 1.54) is 4.90 Å². The van der Waals surface area contributed by atoms with Crippen molar-refractivity contribution < 1.29 is 24.3 Å². The van der Waals surface area contributed by atoms with Crippen molar-refractivity contribution in [1.82, 2.24) is 0 Å². The van der Waals surface area contributed by atoms with E-state index < -0.39 is 0 Å². The van der Waals surface area contributed by atoms with Crippen molar-refractivity contribution in [3.63, 3.8) is 0 Å². The van der Waals surface area contributed by atoms with Crippen molar-refractivity contribution in [2.24, 2.45) is 0 Å². The number of quaternary nitrogens is 1. The van der Waals surface area contributed by atoms with E-state index in [1.807, 2.05) is 19.1 Å². The second-order valence-corrected chi connectivity index (χ2v) is 7.41. The van der Waals surface area contributed by atoms with Gasteiger partial charge in [0, 0.05) is 5.69 Å². The van der Waals surface area contributed by atoms with Crippen LogP contribution in [0.2, 0.25) is 0 Å². The molecule has 0 saturated carbocycles. The zero-order chi connectivity index (χ0) is 20.4. The Morgan fingerprint density at radius 1 is 1.00 bits per heavy atom. The van der Waals surface area contributed by atoms with Crippen LogP contribution in [0.4, 0.5) is 11.4 Å². The fourth-order valence-corrected chi connectivity index (χ4v) is 4.14. The molecule has 152 valence electrons. The smallest absolute Gasteiger partial charge is 0.292 e. The first-order chi connectivity index (χ1) is 14.1. The summed E-state index contributed by atoms with van der Waals surface area (Å²) in [5.41, 5.74) is 1.67. The third-order valence-corrected chi connectivity index (χ3v) is 5.67. The topological polar surface area (TPSA) is 74.5 Å². The van der Waals surface area contributed by atoms with Gasteiger partial charge in [-0.05, 0) is 55.5 Å². The van der Waals surface area contributed by atoms with Crippen LogP contribution in [0.25, 0.3) is 0 Å². The number of hydrogen-bond donors (Lipinski definition) is 2. The molecule has 7 nitrogen and oxygen atoms in total. The van der Waals surface area contributed by atoms with Crippen LogP contribution in [0.15, 0.2) is 48.5 Å². The first-order valence-corrected chi connectivity index (χ1v) is 10.0. The van der Waals surface area contributed by atoms with Crippen molar-refractivity contribution in [3.8, 4) is 11.5 Å². The summed E-state index contributed by atoms with van der Waals surface area (Å²) in [5, 5.41) is 9.45. The van der Waals surface area contributed by atoms with Gasteiger partial charge in [0.15, 0.2) is 6.04 Å². The fraction of sp³-hybridized carbons (Fsp3) is 0.364. The van der Waals surface area contributed by atoms with Gasteiger partial charge >= 0.3 is 0 Å². The van der Waals surface area contributed by atoms with Gasteiger partial charge in [-0.2, -0.15) is 0 Å². The third kappa shape index (κ3) is 3.91. The maximum absolute atomic E-state index is 13.0. The van der Waals surface area contributed by atoms with Crippen LogP contribution in [-0.4, -0.2) is 55.7 Å². The summed E-state index contributed by atoms with van der Waals surface area (Å²) in [6.07, 6.45) is 0.251. The summed E-state index contributed by atoms with van der Waals surface area (Å²) in [7, 11) is 0. The van der Waals surface area contributed by atoms with Crippen LogP contribution in [-0.2, 0) is 9.59 Å². The van der Waals surface area contributed by atoms with Crippen LogP contribution < -0.4 is 19.4 Å². The molecule has 2 aliphatic heterocycles. The number of phenolic OH excluding ortho intramolecular Hbond substituents is 1. The van der Waals surface area contributed by atoms with Gasteiger partial charge in [-0.15, -0.1) is 0 Å². The molecule has 0 aromatic heterocycles. The summed E-state index contributed by atoms with van der Waals surface area (Å²) < 4.78 is 5.44. The number of nitrogens with one attached hydrogen (secondary N) is 1. The molecule has 1 atom stereocenters. The summed E-state index contributed by atoms with van der Waals surface area (Å²) in [6, 6.07) is 14.0. The van der Waals surface area contributed by atoms with Gasteiger partial charge in [0.2, 0.25) is 5.91 Å². The minimum absolute atomic E-state index is 0.118. The van der Waals surface area contributed by atoms with Crippen molar-refractivity contribution in [1.29, 1.82) is 0 Å². The number of amides is 2. The minimum Gasteiger partial charge on any atom is -0.508 e. The molecule has 2 N–H and O–H groups in total. The van der Waals surface area contributed by atoms with Crippen LogP contribution >= 0.6 is 0 Å². The number of benzene rings is 2. The number of carbonyl (C=O) groups is 2. The second kappa shape index (κ2) is 8.13. The highest BCUT2D eigenvalue weighted by atomic mass is 16.5. The number of rotatable bonds is 5. The molecule has 2 aliphatic rings. The Kier molecular flexibility index (Phi) is 5.40. The standard InChI is InChI=1S/C22H25N3O4/c1-2-29-19-9-5-17(6-10-19)25-21(27)15-20(22(25)28)24-13-11-23(12-14-24)16-3-7-18(26)8-4-16/h3-10,20,26H,2,11-15H2,1H3/p+1/t20-/m1/s1. The minimum atomic E-state index is -0.323. The van der Waals surface area contributed by atoms with E-state index in [0.29, 0.717) is 12.3 Å². The van der Waals surface area contributed by atoms with Crippen LogP contribution in [0, 0.1) is 0 Å². The Morgan fingerprint density at radius 3 is 2.24 bits per heavy atom. The molecule has 2 fully saturated rings. The number of piperazine rings is 1. The zero-order valence-electron chi connectivity index (χ0n) is 16.5. The van der Waals surface area contributed by atoms with Gasteiger partial charge < -0.3 is 19.6 Å². The molecule has 0 spiro atoms. The average molecular weight is 396 g/mol. The lowest BCUT2D eigenvalue weighted by atomic mass is 10.1. The second-order valence-electron chi connectivity index (χ2n) is 7.41. The van der Waals surface area contributed by atoms with Crippen LogP contribution in [0.3, 0.4) is 0 Å². The molecule has 2 heterocycles. The Morgan fingerprint density at radius 2 is 1.62 bits per heavy atom. The highest BCUT2D eigenvalue weighted by molar-refractivity contribution is 6.21. The number of phenols is 1. The third-order valence-electron chi connectivity index (χ3n) is 5.67. The number of hydrogen-bond acceptors (Lipinski definition) is 5.